The van der Waals surface area contributed by atoms with Crippen molar-refractivity contribution in [2.24, 2.45) is 0 Å². The van der Waals surface area contributed by atoms with E-state index >= 15 is 0 Å². The van der Waals surface area contributed by atoms with Crippen LogP contribution in [0.4, 0.5) is 8.78 Å². The van der Waals surface area contributed by atoms with Crippen molar-refractivity contribution in [1.82, 2.24) is 30.8 Å². The minimum absolute atomic E-state index is 0.0286. The van der Waals surface area contributed by atoms with Crippen molar-refractivity contribution in [1.29, 1.82) is 0 Å². The van der Waals surface area contributed by atoms with Crippen LogP contribution in [0.1, 0.15) is 35.9 Å². The third-order valence-electron chi connectivity index (χ3n) is 4.41. The number of rotatable bonds is 7. The molecule has 0 bridgehead atoms. The summed E-state index contributed by atoms with van der Waals surface area (Å²) in [4.78, 5) is 17.9. The summed E-state index contributed by atoms with van der Waals surface area (Å²) >= 11 is 1.60. The number of alkyl halides is 2. The summed E-state index contributed by atoms with van der Waals surface area (Å²) in [5.41, 5.74) is 7.51. The number of halogens is 2. The zero-order valence-electron chi connectivity index (χ0n) is 16.7. The third kappa shape index (κ3) is 4.62. The topological polar surface area (TPSA) is 92.6 Å². The van der Waals surface area contributed by atoms with Crippen LogP contribution >= 0.6 is 11.8 Å². The Hall–Kier alpha value is -3.18. The monoisotopic (exact) mass is 446 g/mol. The molecule has 0 saturated carbocycles. The molecule has 0 aliphatic carbocycles. The van der Waals surface area contributed by atoms with E-state index in [4.69, 9.17) is 4.74 Å². The Morgan fingerprint density at radius 2 is 2.16 bits per heavy atom. The van der Waals surface area contributed by atoms with Crippen molar-refractivity contribution in [2.75, 3.05) is 0 Å². The number of benzene rings is 1. The lowest BCUT2D eigenvalue weighted by atomic mass is 10.0. The number of amides is 1. The molecule has 162 valence electrons. The van der Waals surface area contributed by atoms with E-state index < -0.39 is 18.6 Å². The van der Waals surface area contributed by atoms with Gasteiger partial charge in [-0.25, -0.2) is 14.9 Å². The van der Waals surface area contributed by atoms with Crippen LogP contribution in [0.3, 0.4) is 0 Å². The predicted octanol–water partition coefficient (Wildman–Crippen LogP) is 3.25. The number of carbonyl (C=O) groups is 1. The van der Waals surface area contributed by atoms with Crippen LogP contribution in [0.15, 0.2) is 59.5 Å². The average Bonchev–Trinajstić information content (AvgIpc) is 3.35. The molecule has 3 N–H and O–H groups in total. The smallest absolute Gasteiger partial charge is 0.387 e. The Labute approximate surface area is 181 Å². The van der Waals surface area contributed by atoms with Crippen molar-refractivity contribution in [3.8, 4) is 5.75 Å². The molecule has 4 rings (SSSR count). The summed E-state index contributed by atoms with van der Waals surface area (Å²) in [6.07, 6.45) is 4.54. The maximum absolute atomic E-state index is 13.0. The molecular weight excluding hydrogens is 426 g/mol. The molecule has 8 nitrogen and oxygen atoms in total. The fourth-order valence-electron chi connectivity index (χ4n) is 3.20. The molecule has 11 heteroatoms. The van der Waals surface area contributed by atoms with Gasteiger partial charge in [0.15, 0.2) is 11.3 Å². The lowest BCUT2D eigenvalue weighted by Gasteiger charge is -2.20. The van der Waals surface area contributed by atoms with E-state index in [1.54, 1.807) is 48.4 Å². The van der Waals surface area contributed by atoms with Crippen LogP contribution in [0.5, 0.6) is 5.75 Å². The molecule has 31 heavy (non-hydrogen) atoms. The highest BCUT2D eigenvalue weighted by Gasteiger charge is 2.28. The lowest BCUT2D eigenvalue weighted by Crippen LogP contribution is -2.31. The number of nitrogens with one attached hydrogen (secondary N) is 3. The fraction of sp³-hybridized carbons (Fsp3) is 0.250. The molecule has 1 aliphatic rings. The first kappa shape index (κ1) is 21.1. The summed E-state index contributed by atoms with van der Waals surface area (Å²) in [5, 5.41) is 7.25. The summed E-state index contributed by atoms with van der Waals surface area (Å²) in [5.74, 6) is -0.405. The second-order valence-electron chi connectivity index (χ2n) is 6.96. The predicted molar refractivity (Wildman–Crippen MR) is 112 cm³/mol. The molecule has 1 unspecified atom stereocenters. The maximum atomic E-state index is 13.0. The van der Waals surface area contributed by atoms with Crippen LogP contribution in [-0.4, -0.2) is 32.4 Å². The van der Waals surface area contributed by atoms with E-state index in [9.17, 15) is 13.6 Å². The minimum Gasteiger partial charge on any atom is -0.434 e. The third-order valence-corrected chi connectivity index (χ3v) is 5.41. The second kappa shape index (κ2) is 8.90. The van der Waals surface area contributed by atoms with E-state index in [1.165, 1.54) is 16.8 Å². The number of hydrazine groups is 1. The van der Waals surface area contributed by atoms with Gasteiger partial charge in [0.25, 0.3) is 5.91 Å². The number of nitrogens with zero attached hydrogens (tertiary/aromatic N) is 3. The number of ether oxygens (including phenoxy) is 1. The SMILES string of the molecule is CC(C)Sc1ccc(OC(F)F)c(C2NNC=C2NC(=O)c2cnc3cccnn23)c1. The van der Waals surface area contributed by atoms with Crippen molar-refractivity contribution >= 4 is 23.3 Å². The van der Waals surface area contributed by atoms with Gasteiger partial charge in [0.05, 0.1) is 17.9 Å². The van der Waals surface area contributed by atoms with Gasteiger partial charge in [0, 0.05) is 28.1 Å². The second-order valence-corrected chi connectivity index (χ2v) is 8.61. The lowest BCUT2D eigenvalue weighted by molar-refractivity contribution is -0.0506. The standard InChI is InChI=1S/C20H20F2N6O2S/c1-11(2)31-12-5-6-16(30-20(21)22)13(8-12)18-14(9-24-27-18)26-19(29)15-10-23-17-4-3-7-25-28(15)17/h3-11,18,20,24,27H,1-2H3,(H,26,29). The quantitative estimate of drug-likeness (QED) is 0.480. The Kier molecular flexibility index (Phi) is 6.05. The van der Waals surface area contributed by atoms with Crippen molar-refractivity contribution < 1.29 is 18.3 Å². The fourth-order valence-corrected chi connectivity index (χ4v) is 4.08. The van der Waals surface area contributed by atoms with Crippen LogP contribution in [-0.2, 0) is 0 Å². The Morgan fingerprint density at radius 3 is 2.94 bits per heavy atom. The van der Waals surface area contributed by atoms with Gasteiger partial charge in [0.2, 0.25) is 0 Å². The number of imidazole rings is 1. The van der Waals surface area contributed by atoms with E-state index in [0.29, 0.717) is 22.2 Å². The first-order valence-corrected chi connectivity index (χ1v) is 10.4. The summed E-state index contributed by atoms with van der Waals surface area (Å²) in [7, 11) is 0. The molecule has 0 radical (unpaired) electrons. The van der Waals surface area contributed by atoms with Gasteiger partial charge in [-0.2, -0.15) is 13.9 Å². The molecule has 3 aromatic rings. The highest BCUT2D eigenvalue weighted by Crippen LogP contribution is 2.36. The van der Waals surface area contributed by atoms with Crippen molar-refractivity contribution in [3.05, 3.63) is 65.9 Å². The highest BCUT2D eigenvalue weighted by molar-refractivity contribution is 7.99. The normalized spacial score (nSPS) is 15.9. The van der Waals surface area contributed by atoms with Crippen molar-refractivity contribution in [2.45, 2.75) is 36.6 Å². The van der Waals surface area contributed by atoms with Crippen LogP contribution < -0.4 is 20.9 Å². The average molecular weight is 446 g/mol. The Morgan fingerprint density at radius 1 is 1.32 bits per heavy atom. The molecule has 0 spiro atoms. The molecule has 3 heterocycles. The first-order chi connectivity index (χ1) is 14.9. The molecule has 1 atom stereocenters. The molecule has 1 aromatic carbocycles. The highest BCUT2D eigenvalue weighted by atomic mass is 32.2. The molecule has 1 amide bonds. The molecule has 1 aliphatic heterocycles. The summed E-state index contributed by atoms with van der Waals surface area (Å²) < 4.78 is 32.1. The molecular formula is C20H20F2N6O2S. The maximum Gasteiger partial charge on any atom is 0.387 e. The van der Waals surface area contributed by atoms with Crippen LogP contribution in [0.25, 0.3) is 5.65 Å². The molecule has 0 fully saturated rings. The first-order valence-electron chi connectivity index (χ1n) is 9.49. The zero-order valence-corrected chi connectivity index (χ0v) is 17.5. The molecule has 2 aromatic heterocycles. The minimum atomic E-state index is -2.97. The number of carbonyl (C=O) groups excluding carboxylic acids is 1. The van der Waals surface area contributed by atoms with Gasteiger partial charge >= 0.3 is 6.61 Å². The number of fused-ring (bicyclic) bond motifs is 1. The van der Waals surface area contributed by atoms with Gasteiger partial charge in [-0.15, -0.1) is 11.8 Å². The van der Waals surface area contributed by atoms with Gasteiger partial charge in [-0.05, 0) is 30.3 Å². The zero-order chi connectivity index (χ0) is 22.0. The van der Waals surface area contributed by atoms with Gasteiger partial charge in [-0.3, -0.25) is 4.79 Å². The number of hydrogen-bond acceptors (Lipinski definition) is 7. The van der Waals surface area contributed by atoms with Gasteiger partial charge < -0.3 is 15.5 Å². The summed E-state index contributed by atoms with van der Waals surface area (Å²) in [6, 6.07) is 7.87. The summed E-state index contributed by atoms with van der Waals surface area (Å²) in [6.45, 7) is 1.11. The number of hydrogen-bond donors (Lipinski definition) is 3. The van der Waals surface area contributed by atoms with E-state index in [2.05, 4.69) is 26.3 Å². The van der Waals surface area contributed by atoms with E-state index in [0.717, 1.165) is 4.90 Å². The number of thioether (sulfide) groups is 1. The van der Waals surface area contributed by atoms with Crippen LogP contribution in [0.2, 0.25) is 0 Å². The van der Waals surface area contributed by atoms with Gasteiger partial charge in [-0.1, -0.05) is 13.8 Å². The molecule has 0 saturated heterocycles. The Bertz CT molecular complexity index is 1130. The van der Waals surface area contributed by atoms with E-state index in [1.807, 2.05) is 13.8 Å². The Balaban J connectivity index is 1.62. The van der Waals surface area contributed by atoms with Crippen molar-refractivity contribution in [3.63, 3.8) is 0 Å². The van der Waals surface area contributed by atoms with Crippen LogP contribution in [0, 0.1) is 0 Å². The largest absolute Gasteiger partial charge is 0.434 e. The number of aromatic nitrogens is 3. The van der Waals surface area contributed by atoms with E-state index in [-0.39, 0.29) is 11.4 Å². The van der Waals surface area contributed by atoms with Gasteiger partial charge in [0.1, 0.15) is 5.75 Å².